The zero-order valence-electron chi connectivity index (χ0n) is 14.7. The molecule has 3 rings (SSSR count). The molecule has 1 unspecified atom stereocenters. The van der Waals surface area contributed by atoms with E-state index in [0.717, 1.165) is 40.0 Å². The number of halogens is 3. The van der Waals surface area contributed by atoms with Crippen LogP contribution >= 0.6 is 23.1 Å². The standard InChI is InChI=1S/C19H16F3N3OS2/c1-12-4-6-13(7-5-12)17(14-3-2-10-27-14)25-16(26)11-28-18-23-9-8-15(24-18)19(20,21)22/h2-10,17H,11H2,1H3,(H,25,26). The maximum atomic E-state index is 12.7. The Morgan fingerprint density at radius 2 is 1.96 bits per heavy atom. The lowest BCUT2D eigenvalue weighted by molar-refractivity contribution is -0.141. The smallest absolute Gasteiger partial charge is 0.344 e. The number of alkyl halides is 3. The minimum atomic E-state index is -4.55. The quantitative estimate of drug-likeness (QED) is 0.454. The van der Waals surface area contributed by atoms with Gasteiger partial charge in [-0.1, -0.05) is 47.7 Å². The molecule has 9 heteroatoms. The number of aryl methyl sites for hydroxylation is 1. The summed E-state index contributed by atoms with van der Waals surface area (Å²) in [6.07, 6.45) is -3.51. The summed E-state index contributed by atoms with van der Waals surface area (Å²) in [7, 11) is 0. The summed E-state index contributed by atoms with van der Waals surface area (Å²) in [5.74, 6) is -0.403. The van der Waals surface area contributed by atoms with Gasteiger partial charge in [0, 0.05) is 11.1 Å². The van der Waals surface area contributed by atoms with Gasteiger partial charge in [0.15, 0.2) is 5.16 Å². The van der Waals surface area contributed by atoms with E-state index in [-0.39, 0.29) is 22.9 Å². The lowest BCUT2D eigenvalue weighted by Crippen LogP contribution is -2.30. The molecule has 0 spiro atoms. The van der Waals surface area contributed by atoms with Gasteiger partial charge >= 0.3 is 6.18 Å². The zero-order valence-corrected chi connectivity index (χ0v) is 16.4. The summed E-state index contributed by atoms with van der Waals surface area (Å²) in [6.45, 7) is 1.98. The number of carbonyl (C=O) groups is 1. The monoisotopic (exact) mass is 423 g/mol. The van der Waals surface area contributed by atoms with Crippen LogP contribution in [0.2, 0.25) is 0 Å². The lowest BCUT2D eigenvalue weighted by Gasteiger charge is -2.18. The second kappa shape index (κ2) is 8.74. The maximum Gasteiger partial charge on any atom is 0.433 e. The number of rotatable bonds is 6. The largest absolute Gasteiger partial charge is 0.433 e. The molecule has 28 heavy (non-hydrogen) atoms. The normalized spacial score (nSPS) is 12.6. The Labute approximate surface area is 168 Å². The molecular weight excluding hydrogens is 407 g/mol. The number of nitrogens with zero attached hydrogens (tertiary/aromatic N) is 2. The second-order valence-electron chi connectivity index (χ2n) is 5.94. The van der Waals surface area contributed by atoms with E-state index < -0.39 is 11.9 Å². The number of carbonyl (C=O) groups excluding carboxylic acids is 1. The lowest BCUT2D eigenvalue weighted by atomic mass is 10.0. The van der Waals surface area contributed by atoms with Gasteiger partial charge in [0.25, 0.3) is 0 Å². The minimum Gasteiger partial charge on any atom is -0.344 e. The highest BCUT2D eigenvalue weighted by molar-refractivity contribution is 7.99. The molecule has 0 fully saturated rings. The Hall–Kier alpha value is -2.39. The van der Waals surface area contributed by atoms with Crippen LogP contribution in [0.1, 0.15) is 27.7 Å². The molecule has 0 bridgehead atoms. The van der Waals surface area contributed by atoms with Crippen LogP contribution in [-0.4, -0.2) is 21.6 Å². The Morgan fingerprint density at radius 1 is 1.21 bits per heavy atom. The Kier molecular flexibility index (Phi) is 6.35. The minimum absolute atomic E-state index is 0.0882. The second-order valence-corrected chi connectivity index (χ2v) is 7.86. The molecule has 4 nitrogen and oxygen atoms in total. The third-order valence-corrected chi connectivity index (χ3v) is 5.60. The Balaban J connectivity index is 1.69. The zero-order chi connectivity index (χ0) is 20.1. The average Bonchev–Trinajstić information content (AvgIpc) is 3.19. The molecule has 146 valence electrons. The van der Waals surface area contributed by atoms with E-state index >= 15 is 0 Å². The van der Waals surface area contributed by atoms with Gasteiger partial charge in [0.1, 0.15) is 5.69 Å². The number of hydrogen-bond donors (Lipinski definition) is 1. The van der Waals surface area contributed by atoms with Crippen molar-refractivity contribution in [2.24, 2.45) is 0 Å². The van der Waals surface area contributed by atoms with Gasteiger partial charge in [0.2, 0.25) is 5.91 Å². The first-order chi connectivity index (χ1) is 13.3. The summed E-state index contributed by atoms with van der Waals surface area (Å²) >= 11 is 2.38. The highest BCUT2D eigenvalue weighted by Gasteiger charge is 2.32. The van der Waals surface area contributed by atoms with Crippen LogP contribution in [0.5, 0.6) is 0 Å². The molecule has 0 aliphatic heterocycles. The fraction of sp³-hybridized carbons (Fsp3) is 0.211. The van der Waals surface area contributed by atoms with E-state index in [0.29, 0.717) is 0 Å². The Morgan fingerprint density at radius 3 is 2.61 bits per heavy atom. The number of thioether (sulfide) groups is 1. The van der Waals surface area contributed by atoms with Crippen molar-refractivity contribution >= 4 is 29.0 Å². The highest BCUT2D eigenvalue weighted by atomic mass is 32.2. The van der Waals surface area contributed by atoms with E-state index in [1.807, 2.05) is 48.7 Å². The van der Waals surface area contributed by atoms with E-state index in [4.69, 9.17) is 0 Å². The summed E-state index contributed by atoms with van der Waals surface area (Å²) < 4.78 is 38.2. The molecule has 2 heterocycles. The Bertz CT molecular complexity index is 928. The van der Waals surface area contributed by atoms with Crippen LogP contribution in [0.25, 0.3) is 0 Å². The van der Waals surface area contributed by atoms with E-state index in [2.05, 4.69) is 15.3 Å². The van der Waals surface area contributed by atoms with Crippen molar-refractivity contribution < 1.29 is 18.0 Å². The third-order valence-electron chi connectivity index (χ3n) is 3.80. The molecule has 1 N–H and O–H groups in total. The molecule has 2 aromatic heterocycles. The van der Waals surface area contributed by atoms with Crippen molar-refractivity contribution in [3.05, 3.63) is 75.7 Å². The van der Waals surface area contributed by atoms with Gasteiger partial charge in [-0.15, -0.1) is 11.3 Å². The van der Waals surface area contributed by atoms with Crippen LogP contribution in [0, 0.1) is 6.92 Å². The molecule has 0 radical (unpaired) electrons. The van der Waals surface area contributed by atoms with E-state index in [9.17, 15) is 18.0 Å². The number of aromatic nitrogens is 2. The molecule has 0 aliphatic carbocycles. The predicted molar refractivity (Wildman–Crippen MR) is 103 cm³/mol. The fourth-order valence-corrected chi connectivity index (χ4v) is 3.88. The number of hydrogen-bond acceptors (Lipinski definition) is 5. The van der Waals surface area contributed by atoms with Gasteiger partial charge in [-0.2, -0.15) is 13.2 Å². The van der Waals surface area contributed by atoms with Crippen LogP contribution < -0.4 is 5.32 Å². The fourth-order valence-electron chi connectivity index (χ4n) is 2.43. The first kappa shape index (κ1) is 20.3. The molecular formula is C19H16F3N3OS2. The van der Waals surface area contributed by atoms with E-state index in [1.54, 1.807) is 0 Å². The third kappa shape index (κ3) is 5.32. The van der Waals surface area contributed by atoms with Gasteiger partial charge in [-0.3, -0.25) is 4.79 Å². The highest BCUT2D eigenvalue weighted by Crippen LogP contribution is 2.29. The number of thiophene rings is 1. The van der Waals surface area contributed by atoms with Crippen LogP contribution in [0.4, 0.5) is 13.2 Å². The molecule has 3 aromatic rings. The predicted octanol–water partition coefficient (Wildman–Crippen LogP) is 4.86. The summed E-state index contributed by atoms with van der Waals surface area (Å²) in [6, 6.07) is 12.1. The number of nitrogens with one attached hydrogen (secondary N) is 1. The SMILES string of the molecule is Cc1ccc(C(NC(=O)CSc2nccc(C(F)(F)F)n2)c2cccs2)cc1. The van der Waals surface area contributed by atoms with Crippen molar-refractivity contribution in [3.8, 4) is 0 Å². The number of amides is 1. The number of benzene rings is 1. The molecule has 0 saturated heterocycles. The topological polar surface area (TPSA) is 54.9 Å². The van der Waals surface area contributed by atoms with E-state index in [1.165, 1.54) is 11.3 Å². The summed E-state index contributed by atoms with van der Waals surface area (Å²) in [5, 5.41) is 4.78. The average molecular weight is 423 g/mol. The van der Waals surface area contributed by atoms with Crippen LogP contribution in [0.3, 0.4) is 0 Å². The van der Waals surface area contributed by atoms with Crippen molar-refractivity contribution in [1.82, 2.24) is 15.3 Å². The molecule has 1 amide bonds. The van der Waals surface area contributed by atoms with Gasteiger partial charge in [-0.25, -0.2) is 9.97 Å². The van der Waals surface area contributed by atoms with Gasteiger partial charge in [0.05, 0.1) is 11.8 Å². The summed E-state index contributed by atoms with van der Waals surface area (Å²) in [5.41, 5.74) is 1.01. The molecule has 0 aliphatic rings. The van der Waals surface area contributed by atoms with Crippen molar-refractivity contribution in [2.45, 2.75) is 24.3 Å². The van der Waals surface area contributed by atoms with Gasteiger partial charge in [-0.05, 0) is 30.0 Å². The molecule has 0 saturated carbocycles. The van der Waals surface area contributed by atoms with Crippen molar-refractivity contribution in [1.29, 1.82) is 0 Å². The first-order valence-corrected chi connectivity index (χ1v) is 10.1. The van der Waals surface area contributed by atoms with Crippen molar-refractivity contribution in [2.75, 3.05) is 5.75 Å². The van der Waals surface area contributed by atoms with Crippen LogP contribution in [0.15, 0.2) is 59.2 Å². The summed E-state index contributed by atoms with van der Waals surface area (Å²) in [4.78, 5) is 20.7. The first-order valence-electron chi connectivity index (χ1n) is 8.25. The maximum absolute atomic E-state index is 12.7. The van der Waals surface area contributed by atoms with Crippen LogP contribution in [-0.2, 0) is 11.0 Å². The van der Waals surface area contributed by atoms with Crippen molar-refractivity contribution in [3.63, 3.8) is 0 Å². The molecule has 1 aromatic carbocycles. The van der Waals surface area contributed by atoms with Gasteiger partial charge < -0.3 is 5.32 Å². The molecule has 1 atom stereocenters.